The van der Waals surface area contributed by atoms with Gasteiger partial charge in [-0.15, -0.1) is 0 Å². The summed E-state index contributed by atoms with van der Waals surface area (Å²) in [5, 5.41) is 7.84. The van der Waals surface area contributed by atoms with Crippen LogP contribution in [-0.2, 0) is 11.2 Å². The Morgan fingerprint density at radius 3 is 2.58 bits per heavy atom. The first-order chi connectivity index (χ1) is 17.6. The lowest BCUT2D eigenvalue weighted by Crippen LogP contribution is -2.40. The second-order valence-corrected chi connectivity index (χ2v) is 9.35. The fraction of sp³-hybridized carbons (Fsp3) is 0.321. The number of benzene rings is 2. The van der Waals surface area contributed by atoms with Crippen molar-refractivity contribution in [1.82, 2.24) is 19.5 Å². The molecule has 4 heterocycles. The van der Waals surface area contributed by atoms with Crippen LogP contribution < -0.4 is 14.8 Å². The molecule has 1 atom stereocenters. The molecule has 8 heteroatoms. The number of hydrogen-bond acceptors (Lipinski definition) is 6. The highest BCUT2D eigenvalue weighted by atomic mass is 16.6. The van der Waals surface area contributed by atoms with Crippen LogP contribution in [0.5, 0.6) is 11.5 Å². The third-order valence-corrected chi connectivity index (χ3v) is 6.89. The van der Waals surface area contributed by atoms with Gasteiger partial charge in [-0.3, -0.25) is 9.69 Å². The maximum atomic E-state index is 12.6. The first-order valence-electron chi connectivity index (χ1n) is 12.5. The van der Waals surface area contributed by atoms with Crippen LogP contribution >= 0.6 is 0 Å². The Kier molecular flexibility index (Phi) is 6.03. The van der Waals surface area contributed by atoms with Crippen molar-refractivity contribution in [3.05, 3.63) is 72.1 Å². The van der Waals surface area contributed by atoms with Crippen molar-refractivity contribution in [2.75, 3.05) is 31.6 Å². The Hall–Kier alpha value is -3.91. The predicted molar refractivity (Wildman–Crippen MR) is 138 cm³/mol. The standard InChI is InChI=1S/C28H29N5O3/c1-19(32-13-2-3-14-32)28(34)29-22-10-7-20(8-11-22)17-26-30-27-6-4-5-23(33(27)31-26)21-9-12-24-25(18-21)36-16-15-35-24/h4-12,18-19H,2-3,13-17H2,1H3,(H,29,34). The normalized spacial score (nSPS) is 16.2. The number of anilines is 1. The fourth-order valence-electron chi connectivity index (χ4n) is 4.88. The summed E-state index contributed by atoms with van der Waals surface area (Å²) < 4.78 is 13.3. The Labute approximate surface area is 209 Å². The molecule has 1 amide bonds. The van der Waals surface area contributed by atoms with Crippen LogP contribution in [-0.4, -0.2) is 57.8 Å². The van der Waals surface area contributed by atoms with Gasteiger partial charge in [0.25, 0.3) is 0 Å². The lowest BCUT2D eigenvalue weighted by molar-refractivity contribution is -0.120. The van der Waals surface area contributed by atoms with E-state index in [0.29, 0.717) is 19.6 Å². The van der Waals surface area contributed by atoms with Gasteiger partial charge in [-0.25, -0.2) is 9.50 Å². The molecular formula is C28H29N5O3. The van der Waals surface area contributed by atoms with Crippen LogP contribution in [0.3, 0.4) is 0 Å². The molecule has 184 valence electrons. The fourth-order valence-corrected chi connectivity index (χ4v) is 4.88. The molecular weight excluding hydrogens is 454 g/mol. The lowest BCUT2D eigenvalue weighted by atomic mass is 10.1. The van der Waals surface area contributed by atoms with Crippen molar-refractivity contribution in [2.24, 2.45) is 0 Å². The van der Waals surface area contributed by atoms with Crippen molar-refractivity contribution in [3.8, 4) is 22.8 Å². The van der Waals surface area contributed by atoms with Crippen LogP contribution in [0.15, 0.2) is 60.7 Å². The summed E-state index contributed by atoms with van der Waals surface area (Å²) in [5.41, 5.74) is 4.60. The average Bonchev–Trinajstić information content (AvgIpc) is 3.59. The molecule has 0 saturated carbocycles. The molecule has 1 saturated heterocycles. The lowest BCUT2D eigenvalue weighted by Gasteiger charge is -2.22. The molecule has 2 aromatic heterocycles. The summed E-state index contributed by atoms with van der Waals surface area (Å²) in [6, 6.07) is 19.7. The van der Waals surface area contributed by atoms with Crippen LogP contribution in [0.2, 0.25) is 0 Å². The molecule has 0 radical (unpaired) electrons. The van der Waals surface area contributed by atoms with E-state index in [0.717, 1.165) is 58.6 Å². The van der Waals surface area contributed by atoms with E-state index in [1.165, 1.54) is 12.8 Å². The van der Waals surface area contributed by atoms with Gasteiger partial charge >= 0.3 is 0 Å². The highest BCUT2D eigenvalue weighted by Gasteiger charge is 2.24. The number of nitrogens with one attached hydrogen (secondary N) is 1. The van der Waals surface area contributed by atoms with E-state index in [-0.39, 0.29) is 11.9 Å². The smallest absolute Gasteiger partial charge is 0.241 e. The van der Waals surface area contributed by atoms with E-state index in [2.05, 4.69) is 10.2 Å². The number of carbonyl (C=O) groups is 1. The van der Waals surface area contributed by atoms with E-state index >= 15 is 0 Å². The molecule has 36 heavy (non-hydrogen) atoms. The molecule has 0 aliphatic carbocycles. The van der Waals surface area contributed by atoms with Crippen molar-refractivity contribution in [1.29, 1.82) is 0 Å². The molecule has 0 bridgehead atoms. The van der Waals surface area contributed by atoms with E-state index in [1.54, 1.807) is 0 Å². The average molecular weight is 484 g/mol. The minimum atomic E-state index is -0.113. The third kappa shape index (κ3) is 4.52. The van der Waals surface area contributed by atoms with Crippen LogP contribution in [0.25, 0.3) is 16.9 Å². The number of rotatable bonds is 6. The number of nitrogens with zero attached hydrogens (tertiary/aromatic N) is 4. The van der Waals surface area contributed by atoms with Gasteiger partial charge in [0.15, 0.2) is 23.0 Å². The Morgan fingerprint density at radius 1 is 1.00 bits per heavy atom. The summed E-state index contributed by atoms with van der Waals surface area (Å²) in [6.07, 6.45) is 2.93. The zero-order valence-electron chi connectivity index (χ0n) is 20.3. The maximum absolute atomic E-state index is 12.6. The summed E-state index contributed by atoms with van der Waals surface area (Å²) in [6.45, 7) is 5.09. The van der Waals surface area contributed by atoms with Crippen molar-refractivity contribution >= 4 is 17.2 Å². The first-order valence-corrected chi connectivity index (χ1v) is 12.5. The molecule has 2 aliphatic rings. The number of ether oxygens (including phenoxy) is 2. The van der Waals surface area contributed by atoms with Gasteiger partial charge in [0.1, 0.15) is 13.2 Å². The monoisotopic (exact) mass is 483 g/mol. The summed E-state index contributed by atoms with van der Waals surface area (Å²) in [7, 11) is 0. The first kappa shape index (κ1) is 22.5. The van der Waals surface area contributed by atoms with Gasteiger partial charge in [-0.2, -0.15) is 5.10 Å². The third-order valence-electron chi connectivity index (χ3n) is 6.89. The predicted octanol–water partition coefficient (Wildman–Crippen LogP) is 4.18. The SMILES string of the molecule is CC(C(=O)Nc1ccc(Cc2nc3cccc(-c4ccc5c(c4)OCCO5)n3n2)cc1)N1CCCC1. The van der Waals surface area contributed by atoms with Crippen molar-refractivity contribution < 1.29 is 14.3 Å². The topological polar surface area (TPSA) is 81.0 Å². The zero-order valence-corrected chi connectivity index (χ0v) is 20.3. The second-order valence-electron chi connectivity index (χ2n) is 9.35. The molecule has 4 aromatic rings. The molecule has 8 nitrogen and oxygen atoms in total. The summed E-state index contributed by atoms with van der Waals surface area (Å²) in [4.78, 5) is 19.6. The molecule has 1 N–H and O–H groups in total. The van der Waals surface area contributed by atoms with E-state index in [1.807, 2.05) is 72.1 Å². The Morgan fingerprint density at radius 2 is 1.78 bits per heavy atom. The summed E-state index contributed by atoms with van der Waals surface area (Å²) >= 11 is 0. The molecule has 0 spiro atoms. The highest BCUT2D eigenvalue weighted by Crippen LogP contribution is 2.34. The number of amides is 1. The van der Waals surface area contributed by atoms with Crippen molar-refractivity contribution in [2.45, 2.75) is 32.2 Å². The van der Waals surface area contributed by atoms with E-state index in [9.17, 15) is 4.79 Å². The van der Waals surface area contributed by atoms with Gasteiger partial charge in [0, 0.05) is 17.7 Å². The molecule has 1 unspecified atom stereocenters. The zero-order chi connectivity index (χ0) is 24.5. The van der Waals surface area contributed by atoms with Gasteiger partial charge in [0.2, 0.25) is 5.91 Å². The number of hydrogen-bond donors (Lipinski definition) is 1. The van der Waals surface area contributed by atoms with E-state index < -0.39 is 0 Å². The number of pyridine rings is 1. The van der Waals surface area contributed by atoms with Crippen LogP contribution in [0.1, 0.15) is 31.2 Å². The number of fused-ring (bicyclic) bond motifs is 2. The molecule has 2 aliphatic heterocycles. The summed E-state index contributed by atoms with van der Waals surface area (Å²) in [5.74, 6) is 2.29. The van der Waals surface area contributed by atoms with Gasteiger partial charge in [-0.1, -0.05) is 18.2 Å². The van der Waals surface area contributed by atoms with Crippen LogP contribution in [0.4, 0.5) is 5.69 Å². The van der Waals surface area contributed by atoms with Crippen molar-refractivity contribution in [3.63, 3.8) is 0 Å². The quantitative estimate of drug-likeness (QED) is 0.443. The maximum Gasteiger partial charge on any atom is 0.241 e. The Bertz CT molecular complexity index is 1390. The minimum absolute atomic E-state index is 0.0401. The minimum Gasteiger partial charge on any atom is -0.486 e. The molecule has 6 rings (SSSR count). The highest BCUT2D eigenvalue weighted by molar-refractivity contribution is 5.94. The van der Waals surface area contributed by atoms with Gasteiger partial charge in [-0.05, 0) is 80.9 Å². The second kappa shape index (κ2) is 9.62. The number of aromatic nitrogens is 3. The van der Waals surface area contributed by atoms with Gasteiger partial charge in [0.05, 0.1) is 11.7 Å². The molecule has 2 aromatic carbocycles. The largest absolute Gasteiger partial charge is 0.486 e. The number of carbonyl (C=O) groups excluding carboxylic acids is 1. The molecule has 1 fully saturated rings. The van der Waals surface area contributed by atoms with Gasteiger partial charge < -0.3 is 14.8 Å². The van der Waals surface area contributed by atoms with Crippen LogP contribution in [0, 0.1) is 0 Å². The number of likely N-dealkylation sites (tertiary alicyclic amines) is 1. The Balaban J connectivity index is 1.17. The van der Waals surface area contributed by atoms with E-state index in [4.69, 9.17) is 19.6 Å².